The predicted molar refractivity (Wildman–Crippen MR) is 70.3 cm³/mol. The van der Waals surface area contributed by atoms with Gasteiger partial charge in [-0.05, 0) is 22.9 Å². The molecule has 1 aromatic heterocycles. The molecule has 0 spiro atoms. The number of benzene rings is 1. The van der Waals surface area contributed by atoms with Gasteiger partial charge in [0, 0.05) is 24.7 Å². The second-order valence-electron chi connectivity index (χ2n) is 3.58. The highest BCUT2D eigenvalue weighted by Gasteiger charge is 2.09. The lowest BCUT2D eigenvalue weighted by Gasteiger charge is -2.08. The summed E-state index contributed by atoms with van der Waals surface area (Å²) in [5.41, 5.74) is 0. The van der Waals surface area contributed by atoms with Crippen molar-refractivity contribution in [1.29, 1.82) is 0 Å². The molecule has 0 atom stereocenters. The Morgan fingerprint density at radius 3 is 2.58 bits per heavy atom. The normalized spacial score (nSPS) is 10.3. The molecule has 0 aliphatic rings. The van der Waals surface area contributed by atoms with Gasteiger partial charge in [0.1, 0.15) is 17.4 Å². The molecule has 2 aromatic rings. The Kier molecular flexibility index (Phi) is 4.26. The maximum Gasteiger partial charge on any atom is 0.238 e. The lowest BCUT2D eigenvalue weighted by molar-refractivity contribution is 0.448. The van der Waals surface area contributed by atoms with Crippen molar-refractivity contribution in [3.63, 3.8) is 0 Å². The number of hydrogen-bond acceptors (Lipinski definition) is 4. The third-order valence-electron chi connectivity index (χ3n) is 2.10. The van der Waals surface area contributed by atoms with Gasteiger partial charge in [-0.25, -0.2) is 13.8 Å². The summed E-state index contributed by atoms with van der Waals surface area (Å²) in [6.07, 6.45) is 1.50. The first-order valence-corrected chi connectivity index (χ1v) is 6.28. The largest absolute Gasteiger partial charge is 0.437 e. The maximum atomic E-state index is 13.1. The molecule has 0 amide bonds. The summed E-state index contributed by atoms with van der Waals surface area (Å²) >= 11 is 3.21. The van der Waals surface area contributed by atoms with E-state index in [-0.39, 0.29) is 11.6 Å². The zero-order valence-corrected chi connectivity index (χ0v) is 11.5. The highest BCUT2D eigenvalue weighted by atomic mass is 79.9. The van der Waals surface area contributed by atoms with Gasteiger partial charge in [-0.2, -0.15) is 4.98 Å². The number of rotatable bonds is 4. The first kappa shape index (κ1) is 13.7. The maximum absolute atomic E-state index is 13.1. The molecule has 100 valence electrons. The Labute approximate surface area is 117 Å². The van der Waals surface area contributed by atoms with Gasteiger partial charge < -0.3 is 10.1 Å². The predicted octanol–water partition coefficient (Wildman–Crippen LogP) is 3.74. The molecule has 19 heavy (non-hydrogen) atoms. The summed E-state index contributed by atoms with van der Waals surface area (Å²) in [5.74, 6) is -0.855. The van der Waals surface area contributed by atoms with E-state index >= 15 is 0 Å². The standard InChI is InChI=1S/C12H10BrF2N3O/c1-2-16-12-17-6-10(13)11(18-12)19-9-4-7(14)3-8(15)5-9/h3-6H,2H2,1H3,(H,16,17,18). The van der Waals surface area contributed by atoms with Crippen LogP contribution in [0, 0.1) is 11.6 Å². The Morgan fingerprint density at radius 1 is 1.26 bits per heavy atom. The molecule has 4 nitrogen and oxygen atoms in total. The summed E-state index contributed by atoms with van der Waals surface area (Å²) in [4.78, 5) is 8.09. The summed E-state index contributed by atoms with van der Waals surface area (Å²) < 4.78 is 31.9. The number of hydrogen-bond donors (Lipinski definition) is 1. The van der Waals surface area contributed by atoms with Gasteiger partial charge in [-0.1, -0.05) is 0 Å². The Hall–Kier alpha value is -1.76. The van der Waals surface area contributed by atoms with E-state index in [1.807, 2.05) is 6.92 Å². The molecule has 2 rings (SSSR count). The van der Waals surface area contributed by atoms with Crippen molar-refractivity contribution in [1.82, 2.24) is 9.97 Å². The van der Waals surface area contributed by atoms with Crippen molar-refractivity contribution >= 4 is 21.9 Å². The van der Waals surface area contributed by atoms with Crippen LogP contribution in [0.4, 0.5) is 14.7 Å². The molecule has 0 fully saturated rings. The van der Waals surface area contributed by atoms with E-state index in [9.17, 15) is 8.78 Å². The third-order valence-corrected chi connectivity index (χ3v) is 2.64. The van der Waals surface area contributed by atoms with Gasteiger partial charge in [0.15, 0.2) is 0 Å². The zero-order valence-electron chi connectivity index (χ0n) is 9.95. The fourth-order valence-corrected chi connectivity index (χ4v) is 1.64. The molecule has 0 aliphatic heterocycles. The smallest absolute Gasteiger partial charge is 0.238 e. The molecular weight excluding hydrogens is 320 g/mol. The van der Waals surface area contributed by atoms with E-state index in [0.717, 1.165) is 18.2 Å². The Morgan fingerprint density at radius 2 is 1.95 bits per heavy atom. The summed E-state index contributed by atoms with van der Waals surface area (Å²) in [5, 5.41) is 2.91. The van der Waals surface area contributed by atoms with Crippen molar-refractivity contribution in [3.8, 4) is 11.6 Å². The molecule has 0 radical (unpaired) electrons. The summed E-state index contributed by atoms with van der Waals surface area (Å²) in [7, 11) is 0. The van der Waals surface area contributed by atoms with Crippen LogP contribution in [0.15, 0.2) is 28.9 Å². The molecular formula is C12H10BrF2N3O. The number of ether oxygens (including phenoxy) is 1. The van der Waals surface area contributed by atoms with Gasteiger partial charge in [-0.3, -0.25) is 0 Å². The number of anilines is 1. The second-order valence-corrected chi connectivity index (χ2v) is 4.44. The first-order chi connectivity index (χ1) is 9.08. The van der Waals surface area contributed by atoms with Crippen LogP contribution in [0.5, 0.6) is 11.6 Å². The highest BCUT2D eigenvalue weighted by molar-refractivity contribution is 9.10. The van der Waals surface area contributed by atoms with Crippen LogP contribution in [0.3, 0.4) is 0 Å². The molecule has 0 bridgehead atoms. The van der Waals surface area contributed by atoms with E-state index in [4.69, 9.17) is 4.74 Å². The lowest BCUT2D eigenvalue weighted by atomic mass is 10.3. The van der Waals surface area contributed by atoms with Crippen LogP contribution in [0.2, 0.25) is 0 Å². The Bertz CT molecular complexity index is 575. The summed E-state index contributed by atoms with van der Waals surface area (Å²) in [6, 6.07) is 2.92. The van der Waals surface area contributed by atoms with Crippen LogP contribution in [-0.2, 0) is 0 Å². The molecule has 1 aromatic carbocycles. The zero-order chi connectivity index (χ0) is 13.8. The SMILES string of the molecule is CCNc1ncc(Br)c(Oc2cc(F)cc(F)c2)n1. The van der Waals surface area contributed by atoms with Crippen molar-refractivity contribution < 1.29 is 13.5 Å². The van der Waals surface area contributed by atoms with Crippen LogP contribution in [-0.4, -0.2) is 16.5 Å². The van der Waals surface area contributed by atoms with Crippen molar-refractivity contribution in [2.24, 2.45) is 0 Å². The van der Waals surface area contributed by atoms with E-state index in [1.165, 1.54) is 6.20 Å². The first-order valence-electron chi connectivity index (χ1n) is 5.49. The number of aromatic nitrogens is 2. The minimum absolute atomic E-state index is 0.0272. The van der Waals surface area contributed by atoms with Crippen LogP contribution >= 0.6 is 15.9 Å². The average Bonchev–Trinajstić information content (AvgIpc) is 2.32. The average molecular weight is 330 g/mol. The second kappa shape index (κ2) is 5.92. The van der Waals surface area contributed by atoms with E-state index < -0.39 is 11.6 Å². The van der Waals surface area contributed by atoms with Gasteiger partial charge >= 0.3 is 0 Å². The van der Waals surface area contributed by atoms with E-state index in [0.29, 0.717) is 17.0 Å². The fourth-order valence-electron chi connectivity index (χ4n) is 1.37. The molecule has 0 unspecified atom stereocenters. The van der Waals surface area contributed by atoms with E-state index in [1.54, 1.807) is 0 Å². The number of halogens is 3. The quantitative estimate of drug-likeness (QED) is 0.928. The molecule has 0 saturated carbocycles. The minimum Gasteiger partial charge on any atom is -0.437 e. The third kappa shape index (κ3) is 3.60. The van der Waals surface area contributed by atoms with Crippen LogP contribution in [0.25, 0.3) is 0 Å². The van der Waals surface area contributed by atoms with Crippen molar-refractivity contribution in [2.75, 3.05) is 11.9 Å². The van der Waals surface area contributed by atoms with Gasteiger partial charge in [0.05, 0.1) is 10.7 Å². The fraction of sp³-hybridized carbons (Fsp3) is 0.167. The lowest BCUT2D eigenvalue weighted by Crippen LogP contribution is -2.03. The molecule has 0 saturated heterocycles. The van der Waals surface area contributed by atoms with Crippen LogP contribution < -0.4 is 10.1 Å². The van der Waals surface area contributed by atoms with Crippen molar-refractivity contribution in [3.05, 3.63) is 40.5 Å². The van der Waals surface area contributed by atoms with E-state index in [2.05, 4.69) is 31.2 Å². The highest BCUT2D eigenvalue weighted by Crippen LogP contribution is 2.28. The molecule has 0 aliphatic carbocycles. The monoisotopic (exact) mass is 329 g/mol. The van der Waals surface area contributed by atoms with Crippen molar-refractivity contribution in [2.45, 2.75) is 6.92 Å². The van der Waals surface area contributed by atoms with Gasteiger partial charge in [0.25, 0.3) is 0 Å². The topological polar surface area (TPSA) is 47.0 Å². The number of nitrogens with one attached hydrogen (secondary N) is 1. The molecule has 1 N–H and O–H groups in total. The summed E-state index contributed by atoms with van der Waals surface area (Å²) in [6.45, 7) is 2.55. The Balaban J connectivity index is 2.28. The molecule has 7 heteroatoms. The number of nitrogens with zero attached hydrogens (tertiary/aromatic N) is 2. The van der Waals surface area contributed by atoms with Gasteiger partial charge in [-0.15, -0.1) is 0 Å². The van der Waals surface area contributed by atoms with Crippen LogP contribution in [0.1, 0.15) is 6.92 Å². The van der Waals surface area contributed by atoms with Gasteiger partial charge in [0.2, 0.25) is 11.8 Å². The minimum atomic E-state index is -0.716. The molecule has 1 heterocycles.